The van der Waals surface area contributed by atoms with Crippen LogP contribution in [-0.2, 0) is 11.3 Å². The fraction of sp³-hybridized carbons (Fsp3) is 0.462. The highest BCUT2D eigenvalue weighted by molar-refractivity contribution is 5.60. The molecule has 92 valence electrons. The zero-order chi connectivity index (χ0) is 12.8. The summed E-state index contributed by atoms with van der Waals surface area (Å²) in [6.45, 7) is 2.58. The molecule has 0 aliphatic carbocycles. The van der Waals surface area contributed by atoms with Crippen LogP contribution in [0.25, 0.3) is 0 Å². The molecule has 1 rings (SSSR count). The highest BCUT2D eigenvalue weighted by Crippen LogP contribution is 2.22. The van der Waals surface area contributed by atoms with Crippen LogP contribution in [0.4, 0.5) is 5.69 Å². The molecule has 1 aromatic carbocycles. The molecule has 1 N–H and O–H groups in total. The van der Waals surface area contributed by atoms with Crippen LogP contribution in [-0.4, -0.2) is 31.9 Å². The van der Waals surface area contributed by atoms with Gasteiger partial charge in [0.05, 0.1) is 24.5 Å². The fourth-order valence-electron chi connectivity index (χ4n) is 1.67. The van der Waals surface area contributed by atoms with Crippen molar-refractivity contribution >= 4 is 5.69 Å². The third-order valence-corrected chi connectivity index (χ3v) is 2.81. The second kappa shape index (κ2) is 6.24. The lowest BCUT2D eigenvalue weighted by Gasteiger charge is -2.27. The number of likely N-dealkylation sites (N-methyl/N-ethyl adjacent to an activating group) is 1. The number of aliphatic hydroxyl groups is 1. The second-order valence-corrected chi connectivity index (χ2v) is 4.04. The van der Waals surface area contributed by atoms with Crippen molar-refractivity contribution in [1.82, 2.24) is 0 Å². The van der Waals surface area contributed by atoms with Crippen LogP contribution in [0.5, 0.6) is 0 Å². The molecule has 1 aromatic rings. The van der Waals surface area contributed by atoms with Crippen LogP contribution < -0.4 is 4.90 Å². The van der Waals surface area contributed by atoms with Gasteiger partial charge in [-0.3, -0.25) is 0 Å². The van der Waals surface area contributed by atoms with Crippen LogP contribution >= 0.6 is 0 Å². The summed E-state index contributed by atoms with van der Waals surface area (Å²) in [6.07, 6.45) is 0. The van der Waals surface area contributed by atoms with Crippen molar-refractivity contribution in [3.05, 3.63) is 29.3 Å². The van der Waals surface area contributed by atoms with Gasteiger partial charge in [0, 0.05) is 20.2 Å². The van der Waals surface area contributed by atoms with Crippen molar-refractivity contribution in [3.8, 4) is 6.07 Å². The molecule has 0 fully saturated rings. The van der Waals surface area contributed by atoms with Crippen molar-refractivity contribution in [1.29, 1.82) is 5.26 Å². The molecule has 0 saturated carbocycles. The number of benzene rings is 1. The summed E-state index contributed by atoms with van der Waals surface area (Å²) in [5.74, 6) is 0. The van der Waals surface area contributed by atoms with Crippen molar-refractivity contribution in [2.45, 2.75) is 19.6 Å². The Morgan fingerprint density at radius 2 is 2.24 bits per heavy atom. The number of methoxy groups -OCH3 is 1. The zero-order valence-electron chi connectivity index (χ0n) is 10.5. The third kappa shape index (κ3) is 3.19. The number of nitrogens with zero attached hydrogens (tertiary/aromatic N) is 2. The molecule has 0 aliphatic heterocycles. The molecular formula is C13H18N2O2. The van der Waals surface area contributed by atoms with Crippen LogP contribution in [0.2, 0.25) is 0 Å². The van der Waals surface area contributed by atoms with Gasteiger partial charge >= 0.3 is 0 Å². The molecule has 0 radical (unpaired) electrons. The predicted molar refractivity (Wildman–Crippen MR) is 66.8 cm³/mol. The maximum atomic E-state index is 9.11. The van der Waals surface area contributed by atoms with Gasteiger partial charge < -0.3 is 14.7 Å². The van der Waals surface area contributed by atoms with Gasteiger partial charge in [0.15, 0.2) is 0 Å². The SMILES string of the molecule is COCC(C)N(C)c1ccc(CO)cc1C#N. The molecule has 4 nitrogen and oxygen atoms in total. The summed E-state index contributed by atoms with van der Waals surface area (Å²) in [5, 5.41) is 18.1. The van der Waals surface area contributed by atoms with Gasteiger partial charge in [-0.25, -0.2) is 0 Å². The molecular weight excluding hydrogens is 216 g/mol. The van der Waals surface area contributed by atoms with Crippen LogP contribution in [0, 0.1) is 11.3 Å². The molecule has 0 saturated heterocycles. The average Bonchev–Trinajstić information content (AvgIpc) is 2.37. The van der Waals surface area contributed by atoms with Gasteiger partial charge in [-0.2, -0.15) is 5.26 Å². The Kier molecular flexibility index (Phi) is 4.95. The highest BCUT2D eigenvalue weighted by Gasteiger charge is 2.13. The first-order valence-corrected chi connectivity index (χ1v) is 5.49. The van der Waals surface area contributed by atoms with Crippen molar-refractivity contribution in [3.63, 3.8) is 0 Å². The molecule has 0 aliphatic rings. The lowest BCUT2D eigenvalue weighted by Crippen LogP contribution is -2.33. The Morgan fingerprint density at radius 1 is 1.53 bits per heavy atom. The lowest BCUT2D eigenvalue weighted by atomic mass is 10.1. The normalized spacial score (nSPS) is 11.9. The Bertz CT molecular complexity index is 412. The van der Waals surface area contributed by atoms with Crippen molar-refractivity contribution in [2.75, 3.05) is 25.7 Å². The monoisotopic (exact) mass is 234 g/mol. The Labute approximate surface area is 102 Å². The van der Waals surface area contributed by atoms with E-state index in [1.54, 1.807) is 13.2 Å². The standard InChI is InChI=1S/C13H18N2O2/c1-10(9-17-3)15(2)13-5-4-11(8-16)6-12(13)7-14/h4-6,10,16H,8-9H2,1-3H3. The predicted octanol–water partition coefficient (Wildman–Crippen LogP) is 1.52. The maximum absolute atomic E-state index is 9.11. The third-order valence-electron chi connectivity index (χ3n) is 2.81. The van der Waals surface area contributed by atoms with Gasteiger partial charge in [-0.15, -0.1) is 0 Å². The quantitative estimate of drug-likeness (QED) is 0.839. The first-order valence-electron chi connectivity index (χ1n) is 5.49. The number of aliphatic hydroxyl groups excluding tert-OH is 1. The van der Waals surface area contributed by atoms with E-state index in [2.05, 4.69) is 6.07 Å². The Balaban J connectivity index is 3.01. The van der Waals surface area contributed by atoms with E-state index in [-0.39, 0.29) is 12.6 Å². The van der Waals surface area contributed by atoms with E-state index >= 15 is 0 Å². The van der Waals surface area contributed by atoms with Crippen LogP contribution in [0.1, 0.15) is 18.1 Å². The molecule has 0 spiro atoms. The molecule has 17 heavy (non-hydrogen) atoms. The largest absolute Gasteiger partial charge is 0.392 e. The number of nitriles is 1. The molecule has 0 bridgehead atoms. The van der Waals surface area contributed by atoms with E-state index in [4.69, 9.17) is 15.1 Å². The minimum atomic E-state index is -0.0493. The zero-order valence-corrected chi connectivity index (χ0v) is 10.5. The lowest BCUT2D eigenvalue weighted by molar-refractivity contribution is 0.183. The Hall–Kier alpha value is -1.57. The van der Waals surface area contributed by atoms with E-state index in [1.807, 2.05) is 31.0 Å². The number of anilines is 1. The van der Waals surface area contributed by atoms with Crippen LogP contribution in [0.3, 0.4) is 0 Å². The van der Waals surface area contributed by atoms with E-state index in [9.17, 15) is 0 Å². The summed E-state index contributed by atoms with van der Waals surface area (Å²) in [7, 11) is 3.59. The smallest absolute Gasteiger partial charge is 0.101 e. The van der Waals surface area contributed by atoms with Crippen LogP contribution in [0.15, 0.2) is 18.2 Å². The average molecular weight is 234 g/mol. The van der Waals surface area contributed by atoms with E-state index in [0.717, 1.165) is 11.3 Å². The van der Waals surface area contributed by atoms with Gasteiger partial charge in [0.1, 0.15) is 6.07 Å². The first-order chi connectivity index (χ1) is 8.13. The van der Waals surface area contributed by atoms with Gasteiger partial charge in [0.2, 0.25) is 0 Å². The number of hydrogen-bond donors (Lipinski definition) is 1. The summed E-state index contributed by atoms with van der Waals surface area (Å²) >= 11 is 0. The summed E-state index contributed by atoms with van der Waals surface area (Å²) in [6, 6.07) is 7.74. The summed E-state index contributed by atoms with van der Waals surface area (Å²) in [4.78, 5) is 2.00. The van der Waals surface area contributed by atoms with Crippen molar-refractivity contribution in [2.24, 2.45) is 0 Å². The highest BCUT2D eigenvalue weighted by atomic mass is 16.5. The van der Waals surface area contributed by atoms with Gasteiger partial charge in [-0.1, -0.05) is 6.07 Å². The van der Waals surface area contributed by atoms with Gasteiger partial charge in [-0.05, 0) is 24.6 Å². The number of rotatable bonds is 5. The molecule has 1 atom stereocenters. The molecule has 0 heterocycles. The second-order valence-electron chi connectivity index (χ2n) is 4.04. The number of hydrogen-bond acceptors (Lipinski definition) is 4. The first kappa shape index (κ1) is 13.5. The maximum Gasteiger partial charge on any atom is 0.101 e. The summed E-state index contributed by atoms with van der Waals surface area (Å²) in [5.41, 5.74) is 2.18. The fourth-order valence-corrected chi connectivity index (χ4v) is 1.67. The Morgan fingerprint density at radius 3 is 2.76 bits per heavy atom. The molecule has 4 heteroatoms. The summed E-state index contributed by atoms with van der Waals surface area (Å²) < 4.78 is 5.10. The molecule has 0 amide bonds. The number of ether oxygens (including phenoxy) is 1. The van der Waals surface area contributed by atoms with Gasteiger partial charge in [0.25, 0.3) is 0 Å². The topological polar surface area (TPSA) is 56.5 Å². The van der Waals surface area contributed by atoms with Crippen molar-refractivity contribution < 1.29 is 9.84 Å². The van der Waals surface area contributed by atoms with E-state index < -0.39 is 0 Å². The molecule has 1 unspecified atom stereocenters. The van der Waals surface area contributed by atoms with E-state index in [1.165, 1.54) is 0 Å². The minimum absolute atomic E-state index is 0.0493. The minimum Gasteiger partial charge on any atom is -0.392 e. The molecule has 0 aromatic heterocycles. The van der Waals surface area contributed by atoms with E-state index in [0.29, 0.717) is 12.2 Å².